The molecule has 2 aromatic rings. The number of fused-ring (bicyclic) bond motifs is 1. The van der Waals surface area contributed by atoms with E-state index in [0.29, 0.717) is 13.0 Å². The molecule has 10 heteroatoms. The van der Waals surface area contributed by atoms with Gasteiger partial charge in [0.15, 0.2) is 5.82 Å². The van der Waals surface area contributed by atoms with Gasteiger partial charge in [-0.25, -0.2) is 0 Å². The summed E-state index contributed by atoms with van der Waals surface area (Å²) in [5.74, 6) is 3.59. The van der Waals surface area contributed by atoms with E-state index >= 15 is 0 Å². The summed E-state index contributed by atoms with van der Waals surface area (Å²) in [6.45, 7) is 1.47. The summed E-state index contributed by atoms with van der Waals surface area (Å²) in [5, 5.41) is 27.8. The fraction of sp³-hybridized carbons (Fsp3) is 0.520. The van der Waals surface area contributed by atoms with Crippen molar-refractivity contribution in [3.8, 4) is 0 Å². The standard InChI is InChI=1S/C25H36N4O5S/c1-28(2)16-21-8-9-22(34-21)18-35-13-12-26-24(17-29(31)32)27-15-20(30)14-25(33-3)11-10-19-6-4-5-7-23(19)25/h4-9,17,20,26-27,30H,10-16,18H2,1-3H3. The van der Waals surface area contributed by atoms with Crippen LogP contribution in [0.15, 0.2) is 52.8 Å². The van der Waals surface area contributed by atoms with Crippen LogP contribution in [-0.2, 0) is 29.1 Å². The Labute approximate surface area is 211 Å². The number of thioether (sulfide) groups is 1. The van der Waals surface area contributed by atoms with Crippen molar-refractivity contribution in [2.75, 3.05) is 40.0 Å². The fourth-order valence-electron chi connectivity index (χ4n) is 4.43. The first-order valence-electron chi connectivity index (χ1n) is 11.8. The van der Waals surface area contributed by atoms with Crippen molar-refractivity contribution in [3.05, 3.63) is 81.2 Å². The van der Waals surface area contributed by atoms with Gasteiger partial charge in [-0.15, -0.1) is 0 Å². The Morgan fingerprint density at radius 2 is 2.09 bits per heavy atom. The molecule has 0 saturated heterocycles. The van der Waals surface area contributed by atoms with Gasteiger partial charge in [0.25, 0.3) is 6.20 Å². The third-order valence-corrected chi connectivity index (χ3v) is 7.00. The van der Waals surface area contributed by atoms with Crippen molar-refractivity contribution in [2.24, 2.45) is 0 Å². The topological polar surface area (TPSA) is 113 Å². The molecule has 1 heterocycles. The Morgan fingerprint density at radius 1 is 1.31 bits per heavy atom. The molecule has 0 amide bonds. The van der Waals surface area contributed by atoms with Crippen molar-refractivity contribution in [3.63, 3.8) is 0 Å². The van der Waals surface area contributed by atoms with Gasteiger partial charge in [-0.1, -0.05) is 24.3 Å². The van der Waals surface area contributed by atoms with Crippen LogP contribution in [0.2, 0.25) is 0 Å². The molecule has 192 valence electrons. The molecular weight excluding hydrogens is 468 g/mol. The van der Waals surface area contributed by atoms with E-state index in [0.717, 1.165) is 54.2 Å². The first-order valence-corrected chi connectivity index (χ1v) is 12.9. The highest BCUT2D eigenvalue weighted by Gasteiger charge is 2.40. The lowest BCUT2D eigenvalue weighted by atomic mass is 9.89. The van der Waals surface area contributed by atoms with Crippen molar-refractivity contribution in [1.82, 2.24) is 15.5 Å². The molecule has 2 unspecified atom stereocenters. The van der Waals surface area contributed by atoms with Crippen molar-refractivity contribution < 1.29 is 19.2 Å². The lowest BCUT2D eigenvalue weighted by Gasteiger charge is -2.31. The van der Waals surface area contributed by atoms with Crippen LogP contribution in [0, 0.1) is 10.1 Å². The van der Waals surface area contributed by atoms with E-state index in [1.807, 2.05) is 38.4 Å². The summed E-state index contributed by atoms with van der Waals surface area (Å²) in [5.41, 5.74) is 1.82. The number of rotatable bonds is 15. The van der Waals surface area contributed by atoms with Crippen LogP contribution >= 0.6 is 11.8 Å². The highest BCUT2D eigenvalue weighted by atomic mass is 32.2. The fourth-order valence-corrected chi connectivity index (χ4v) is 5.18. The van der Waals surface area contributed by atoms with Crippen LogP contribution in [0.25, 0.3) is 0 Å². The lowest BCUT2D eigenvalue weighted by molar-refractivity contribution is -0.404. The second-order valence-corrected chi connectivity index (χ2v) is 10.1. The van der Waals surface area contributed by atoms with Crippen LogP contribution in [0.4, 0.5) is 0 Å². The quantitative estimate of drug-likeness (QED) is 0.191. The van der Waals surface area contributed by atoms with E-state index in [-0.39, 0.29) is 12.4 Å². The molecule has 1 aliphatic rings. The second kappa shape index (κ2) is 13.0. The first kappa shape index (κ1) is 27.1. The summed E-state index contributed by atoms with van der Waals surface area (Å²) in [6.07, 6.45) is 2.29. The molecule has 3 N–H and O–H groups in total. The number of nitro groups is 1. The Morgan fingerprint density at radius 3 is 2.83 bits per heavy atom. The molecule has 1 aromatic heterocycles. The van der Waals surface area contributed by atoms with E-state index < -0.39 is 16.6 Å². The number of ether oxygens (including phenoxy) is 1. The Balaban J connectivity index is 1.43. The van der Waals surface area contributed by atoms with Crippen LogP contribution in [0.5, 0.6) is 0 Å². The summed E-state index contributed by atoms with van der Waals surface area (Å²) in [7, 11) is 5.66. The molecule has 1 aromatic carbocycles. The average Bonchev–Trinajstić information content (AvgIpc) is 3.41. The van der Waals surface area contributed by atoms with Gasteiger partial charge >= 0.3 is 0 Å². The average molecular weight is 505 g/mol. The molecule has 0 fully saturated rings. The lowest BCUT2D eigenvalue weighted by Crippen LogP contribution is -2.38. The Hall–Kier alpha value is -2.53. The zero-order valence-corrected chi connectivity index (χ0v) is 21.5. The number of methoxy groups -OCH3 is 1. The minimum absolute atomic E-state index is 0.175. The molecule has 2 atom stereocenters. The van der Waals surface area contributed by atoms with Gasteiger partial charge in [0.2, 0.25) is 0 Å². The maximum Gasteiger partial charge on any atom is 0.274 e. The SMILES string of the molecule is COC1(CC(O)CNC(=C[N+](=O)[O-])NCCSCc2ccc(CN(C)C)o2)CCc2ccccc21. The maximum absolute atomic E-state index is 11.1. The van der Waals surface area contributed by atoms with Gasteiger partial charge in [0, 0.05) is 32.4 Å². The molecule has 0 radical (unpaired) electrons. The molecule has 3 rings (SSSR count). The highest BCUT2D eigenvalue weighted by molar-refractivity contribution is 7.98. The number of furan rings is 1. The molecule has 35 heavy (non-hydrogen) atoms. The highest BCUT2D eigenvalue weighted by Crippen LogP contribution is 2.42. The van der Waals surface area contributed by atoms with Gasteiger partial charge in [0.1, 0.15) is 11.5 Å². The number of benzene rings is 1. The number of aliphatic hydroxyl groups is 1. The van der Waals surface area contributed by atoms with E-state index in [1.165, 1.54) is 5.56 Å². The zero-order valence-electron chi connectivity index (χ0n) is 20.7. The first-order chi connectivity index (χ1) is 16.8. The van der Waals surface area contributed by atoms with Crippen LogP contribution < -0.4 is 10.6 Å². The number of hydrogen-bond acceptors (Lipinski definition) is 9. The van der Waals surface area contributed by atoms with E-state index in [1.54, 1.807) is 18.9 Å². The number of nitrogens with one attached hydrogen (secondary N) is 2. The zero-order chi connectivity index (χ0) is 25.3. The summed E-state index contributed by atoms with van der Waals surface area (Å²) in [6, 6.07) is 12.1. The largest absolute Gasteiger partial charge is 0.464 e. The molecule has 0 bridgehead atoms. The van der Waals surface area contributed by atoms with Gasteiger partial charge in [-0.3, -0.25) is 10.1 Å². The van der Waals surface area contributed by atoms with Gasteiger partial charge in [-0.05, 0) is 50.2 Å². The second-order valence-electron chi connectivity index (χ2n) is 9.01. The Bertz CT molecular complexity index is 996. The predicted molar refractivity (Wildman–Crippen MR) is 137 cm³/mol. The molecule has 0 aliphatic heterocycles. The summed E-state index contributed by atoms with van der Waals surface area (Å²) in [4.78, 5) is 12.6. The summed E-state index contributed by atoms with van der Waals surface area (Å²) >= 11 is 1.68. The molecule has 0 saturated carbocycles. The monoisotopic (exact) mass is 504 g/mol. The van der Waals surface area contributed by atoms with Crippen molar-refractivity contribution in [2.45, 2.75) is 43.3 Å². The van der Waals surface area contributed by atoms with E-state index in [4.69, 9.17) is 9.15 Å². The number of aliphatic hydroxyl groups excluding tert-OH is 1. The number of nitrogens with zero attached hydrogens (tertiary/aromatic N) is 2. The van der Waals surface area contributed by atoms with E-state index in [9.17, 15) is 15.2 Å². The minimum atomic E-state index is -0.734. The van der Waals surface area contributed by atoms with Crippen LogP contribution in [-0.4, -0.2) is 61.1 Å². The molecule has 1 aliphatic carbocycles. The van der Waals surface area contributed by atoms with E-state index in [2.05, 4.69) is 27.7 Å². The summed E-state index contributed by atoms with van der Waals surface area (Å²) < 4.78 is 11.7. The van der Waals surface area contributed by atoms with Gasteiger partial charge in [-0.2, -0.15) is 11.8 Å². The molecule has 9 nitrogen and oxygen atoms in total. The van der Waals surface area contributed by atoms with Crippen molar-refractivity contribution in [1.29, 1.82) is 0 Å². The van der Waals surface area contributed by atoms with Gasteiger partial charge < -0.3 is 29.8 Å². The third kappa shape index (κ3) is 7.99. The minimum Gasteiger partial charge on any atom is -0.464 e. The Kier molecular flexibility index (Phi) is 10.0. The smallest absolute Gasteiger partial charge is 0.274 e. The van der Waals surface area contributed by atoms with Crippen LogP contribution in [0.1, 0.15) is 35.5 Å². The van der Waals surface area contributed by atoms with Crippen molar-refractivity contribution >= 4 is 11.8 Å². The molecule has 0 spiro atoms. The number of aryl methyl sites for hydroxylation is 1. The maximum atomic E-state index is 11.1. The van der Waals surface area contributed by atoms with Crippen LogP contribution in [0.3, 0.4) is 0 Å². The predicted octanol–water partition coefficient (Wildman–Crippen LogP) is 3.07. The third-order valence-electron chi connectivity index (χ3n) is 6.02. The molecular formula is C25H36N4O5S. The van der Waals surface area contributed by atoms with Gasteiger partial charge in [0.05, 0.1) is 28.9 Å². The normalized spacial score (nSPS) is 18.5. The number of hydrogen-bond donors (Lipinski definition) is 3.